The van der Waals surface area contributed by atoms with Crippen molar-refractivity contribution in [2.45, 2.75) is 30.4 Å². The number of halogens is 5. The van der Waals surface area contributed by atoms with E-state index in [0.717, 1.165) is 23.7 Å². The zero-order valence-corrected chi connectivity index (χ0v) is 19.9. The number of methoxy groups -OCH3 is 1. The normalized spacial score (nSPS) is 14.7. The van der Waals surface area contributed by atoms with Gasteiger partial charge in [-0.1, -0.05) is 22.0 Å². The van der Waals surface area contributed by atoms with E-state index in [2.05, 4.69) is 31.3 Å². The molecule has 11 heteroatoms. The lowest BCUT2D eigenvalue weighted by atomic mass is 9.99. The van der Waals surface area contributed by atoms with Crippen LogP contribution >= 0.6 is 15.9 Å². The fraction of sp³-hybridized carbons (Fsp3) is 0.348. The summed E-state index contributed by atoms with van der Waals surface area (Å²) in [5.41, 5.74) is 0.375. The minimum absolute atomic E-state index is 0.0183. The molecule has 2 aromatic heterocycles. The number of hydrogen-bond acceptors (Lipinski definition) is 4. The number of hydrogen-bond donors (Lipinski definition) is 1. The van der Waals surface area contributed by atoms with Crippen molar-refractivity contribution in [2.24, 2.45) is 13.0 Å². The fourth-order valence-electron chi connectivity index (χ4n) is 3.81. The maximum absolute atomic E-state index is 13.8. The van der Waals surface area contributed by atoms with Crippen LogP contribution in [-0.2, 0) is 18.6 Å². The third kappa shape index (κ3) is 5.08. The number of nitrogens with one attached hydrogen (secondary N) is 1. The zero-order chi connectivity index (χ0) is 24.6. The third-order valence-electron chi connectivity index (χ3n) is 5.58. The highest BCUT2D eigenvalue weighted by atomic mass is 79.9. The molecule has 0 radical (unpaired) electrons. The highest BCUT2D eigenvalue weighted by Crippen LogP contribution is 2.42. The number of alkyl halides is 4. The third-order valence-corrected chi connectivity index (χ3v) is 6.22. The molecule has 4 rings (SSSR count). The maximum atomic E-state index is 13.8. The molecule has 2 heterocycles. The Morgan fingerprint density at radius 3 is 2.65 bits per heavy atom. The summed E-state index contributed by atoms with van der Waals surface area (Å²) in [6.45, 7) is 0. The topological polar surface area (TPSA) is 69.0 Å². The summed E-state index contributed by atoms with van der Waals surface area (Å²) in [4.78, 5) is 17.3. The van der Waals surface area contributed by atoms with E-state index in [1.165, 1.54) is 32.5 Å². The second-order valence-corrected chi connectivity index (χ2v) is 8.71. The number of carbonyl (C=O) groups is 1. The van der Waals surface area contributed by atoms with Crippen molar-refractivity contribution in [1.29, 1.82) is 0 Å². The maximum Gasteiger partial charge on any atom is 0.435 e. The first-order valence-electron chi connectivity index (χ1n) is 10.4. The number of benzene rings is 1. The van der Waals surface area contributed by atoms with Crippen LogP contribution in [0.1, 0.15) is 46.2 Å². The van der Waals surface area contributed by atoms with Gasteiger partial charge in [0, 0.05) is 35.8 Å². The number of rotatable bonds is 7. The highest BCUT2D eigenvalue weighted by molar-refractivity contribution is 9.08. The van der Waals surface area contributed by atoms with Crippen molar-refractivity contribution in [1.82, 2.24) is 20.1 Å². The van der Waals surface area contributed by atoms with E-state index in [1.807, 2.05) is 0 Å². The lowest BCUT2D eigenvalue weighted by Gasteiger charge is -2.19. The van der Waals surface area contributed by atoms with Gasteiger partial charge in [0.25, 0.3) is 5.91 Å². The van der Waals surface area contributed by atoms with Gasteiger partial charge >= 0.3 is 6.18 Å². The molecule has 0 bridgehead atoms. The molecule has 1 amide bonds. The second-order valence-electron chi connectivity index (χ2n) is 8.15. The summed E-state index contributed by atoms with van der Waals surface area (Å²) in [7, 11) is 2.75. The van der Waals surface area contributed by atoms with Crippen LogP contribution in [0.2, 0.25) is 0 Å². The Morgan fingerprint density at radius 2 is 2.03 bits per heavy atom. The second kappa shape index (κ2) is 9.36. The summed E-state index contributed by atoms with van der Waals surface area (Å²) in [6.07, 6.45) is -0.596. The highest BCUT2D eigenvalue weighted by Gasteiger charge is 2.38. The molecule has 1 aromatic carbocycles. The average molecular weight is 541 g/mol. The molecule has 180 valence electrons. The summed E-state index contributed by atoms with van der Waals surface area (Å²) >= 11 is 3.32. The Bertz CT molecular complexity index is 1220. The van der Waals surface area contributed by atoms with Crippen LogP contribution in [0.4, 0.5) is 17.6 Å². The largest absolute Gasteiger partial charge is 0.494 e. The first-order valence-corrected chi connectivity index (χ1v) is 11.5. The van der Waals surface area contributed by atoms with E-state index >= 15 is 0 Å². The SMILES string of the molecule is COc1cc(C(NC(=O)c2cc(CBr)cc(-c3cn(C)nc3C(F)(F)F)c2)C2CC2)ncc1F. The molecule has 34 heavy (non-hydrogen) atoms. The smallest absolute Gasteiger partial charge is 0.435 e. The molecular weight excluding hydrogens is 520 g/mol. The van der Waals surface area contributed by atoms with E-state index in [4.69, 9.17) is 4.74 Å². The average Bonchev–Trinajstić information content (AvgIpc) is 3.56. The van der Waals surface area contributed by atoms with Gasteiger partial charge in [-0.25, -0.2) is 4.39 Å². The van der Waals surface area contributed by atoms with Crippen LogP contribution < -0.4 is 10.1 Å². The standard InChI is InChI=1S/C23H21BrF4N4O2/c1-32-11-16(21(31-32)23(26,27)28)14-5-12(9-24)6-15(7-14)22(33)30-20(13-3-4-13)18-8-19(34-2)17(25)10-29-18/h5-8,10-11,13,20H,3-4,9H2,1-2H3,(H,30,33). The van der Waals surface area contributed by atoms with Gasteiger partial charge in [-0.05, 0) is 42.0 Å². The first kappa shape index (κ1) is 24.2. The van der Waals surface area contributed by atoms with Crippen LogP contribution in [0.5, 0.6) is 5.75 Å². The quantitative estimate of drug-likeness (QED) is 0.320. The number of ether oxygens (including phenoxy) is 1. The first-order chi connectivity index (χ1) is 16.1. The number of pyridine rings is 1. The number of aromatic nitrogens is 3. The molecule has 3 aromatic rings. The van der Waals surface area contributed by atoms with Crippen LogP contribution in [0.15, 0.2) is 36.7 Å². The molecule has 1 saturated carbocycles. The van der Waals surface area contributed by atoms with E-state index in [1.54, 1.807) is 12.1 Å². The van der Waals surface area contributed by atoms with Crippen LogP contribution in [0, 0.1) is 11.7 Å². The predicted molar refractivity (Wildman–Crippen MR) is 120 cm³/mol. The number of aryl methyl sites for hydroxylation is 1. The van der Waals surface area contributed by atoms with E-state index in [9.17, 15) is 22.4 Å². The molecule has 6 nitrogen and oxygen atoms in total. The van der Waals surface area contributed by atoms with Gasteiger partial charge in [-0.3, -0.25) is 14.5 Å². The minimum Gasteiger partial charge on any atom is -0.494 e. The zero-order valence-electron chi connectivity index (χ0n) is 18.3. The van der Waals surface area contributed by atoms with Crippen molar-refractivity contribution in [2.75, 3.05) is 7.11 Å². The monoisotopic (exact) mass is 540 g/mol. The summed E-state index contributed by atoms with van der Waals surface area (Å²) in [5, 5.41) is 6.82. The predicted octanol–water partition coefficient (Wildman–Crippen LogP) is 5.42. The van der Waals surface area contributed by atoms with Crippen molar-refractivity contribution < 1.29 is 27.1 Å². The lowest BCUT2D eigenvalue weighted by molar-refractivity contribution is -0.140. The molecule has 0 aliphatic heterocycles. The van der Waals surface area contributed by atoms with Gasteiger partial charge in [0.2, 0.25) is 0 Å². The van der Waals surface area contributed by atoms with Crippen molar-refractivity contribution in [3.63, 3.8) is 0 Å². The summed E-state index contributed by atoms with van der Waals surface area (Å²) < 4.78 is 60.5. The Hall–Kier alpha value is -2.95. The molecular formula is C23H21BrF4N4O2. The molecule has 0 spiro atoms. The van der Waals surface area contributed by atoms with Crippen LogP contribution in [0.25, 0.3) is 11.1 Å². The molecule has 1 atom stereocenters. The van der Waals surface area contributed by atoms with Gasteiger partial charge in [-0.15, -0.1) is 0 Å². The number of nitrogens with zero attached hydrogens (tertiary/aromatic N) is 3. The molecule has 1 fully saturated rings. The van der Waals surface area contributed by atoms with E-state index in [-0.39, 0.29) is 28.4 Å². The van der Waals surface area contributed by atoms with Gasteiger partial charge in [0.05, 0.1) is 25.0 Å². The summed E-state index contributed by atoms with van der Waals surface area (Å²) in [5.74, 6) is -0.937. The van der Waals surface area contributed by atoms with Gasteiger partial charge in [0.15, 0.2) is 17.3 Å². The molecule has 1 unspecified atom stereocenters. The van der Waals surface area contributed by atoms with Crippen LogP contribution in [0.3, 0.4) is 0 Å². The van der Waals surface area contributed by atoms with Crippen LogP contribution in [-0.4, -0.2) is 27.8 Å². The summed E-state index contributed by atoms with van der Waals surface area (Å²) in [6, 6.07) is 5.57. The van der Waals surface area contributed by atoms with Gasteiger partial charge in [-0.2, -0.15) is 18.3 Å². The van der Waals surface area contributed by atoms with Gasteiger partial charge < -0.3 is 10.1 Å². The Kier molecular flexibility index (Phi) is 6.66. The molecule has 1 aliphatic rings. The Labute approximate surface area is 201 Å². The number of amides is 1. The molecule has 0 saturated heterocycles. The van der Waals surface area contributed by atoms with Crippen molar-refractivity contribution in [3.05, 3.63) is 65.0 Å². The number of carbonyl (C=O) groups excluding carboxylic acids is 1. The fourth-order valence-corrected chi connectivity index (χ4v) is 4.14. The van der Waals surface area contributed by atoms with E-state index in [0.29, 0.717) is 16.6 Å². The molecule has 1 aliphatic carbocycles. The minimum atomic E-state index is -4.65. The molecule has 1 N–H and O–H groups in total. The lowest BCUT2D eigenvalue weighted by Crippen LogP contribution is -2.30. The van der Waals surface area contributed by atoms with Crippen molar-refractivity contribution >= 4 is 21.8 Å². The van der Waals surface area contributed by atoms with Crippen molar-refractivity contribution in [3.8, 4) is 16.9 Å². The Balaban J connectivity index is 1.69. The Morgan fingerprint density at radius 1 is 1.29 bits per heavy atom. The van der Waals surface area contributed by atoms with Gasteiger partial charge in [0.1, 0.15) is 0 Å². The van der Waals surface area contributed by atoms with E-state index < -0.39 is 29.6 Å².